The smallest absolute Gasteiger partial charge is 0.354 e. The highest BCUT2D eigenvalue weighted by Crippen LogP contribution is 2.16. The zero-order chi connectivity index (χ0) is 15.9. The summed E-state index contributed by atoms with van der Waals surface area (Å²) in [5.41, 5.74) is 0.691. The Bertz CT molecular complexity index is 645. The van der Waals surface area contributed by atoms with E-state index in [9.17, 15) is 9.59 Å². The standard InChI is InChI=1S/C16H17NO5/c1-11(18)12-9-15(17-10-12)16(19)22-8-7-21-14-5-3-13(20-2)4-6-14/h3-6,9-10,17H,7-8H2,1-2H3. The van der Waals surface area contributed by atoms with Crippen LogP contribution in [0.3, 0.4) is 0 Å². The molecule has 0 aliphatic heterocycles. The van der Waals surface area contributed by atoms with Crippen molar-refractivity contribution in [3.05, 3.63) is 47.8 Å². The Kier molecular flexibility index (Phi) is 5.19. The number of benzene rings is 1. The molecule has 116 valence electrons. The van der Waals surface area contributed by atoms with Gasteiger partial charge in [-0.3, -0.25) is 4.79 Å². The van der Waals surface area contributed by atoms with Crippen molar-refractivity contribution < 1.29 is 23.8 Å². The van der Waals surface area contributed by atoms with Gasteiger partial charge in [-0.25, -0.2) is 4.79 Å². The number of nitrogens with one attached hydrogen (secondary N) is 1. The number of carbonyl (C=O) groups is 2. The molecule has 1 aromatic heterocycles. The second-order valence-corrected chi connectivity index (χ2v) is 4.52. The zero-order valence-electron chi connectivity index (χ0n) is 12.4. The number of carbonyl (C=O) groups excluding carboxylic acids is 2. The molecule has 0 aliphatic carbocycles. The van der Waals surface area contributed by atoms with E-state index in [4.69, 9.17) is 14.2 Å². The fourth-order valence-electron chi connectivity index (χ4n) is 1.76. The van der Waals surface area contributed by atoms with E-state index in [-0.39, 0.29) is 24.7 Å². The topological polar surface area (TPSA) is 77.6 Å². The predicted octanol–water partition coefficient (Wildman–Crippen LogP) is 2.46. The van der Waals surface area contributed by atoms with Gasteiger partial charge in [-0.2, -0.15) is 0 Å². The van der Waals surface area contributed by atoms with Gasteiger partial charge in [-0.1, -0.05) is 0 Å². The number of H-pyrrole nitrogens is 1. The molecule has 0 aliphatic rings. The number of methoxy groups -OCH3 is 1. The molecule has 1 heterocycles. The molecule has 0 atom stereocenters. The summed E-state index contributed by atoms with van der Waals surface area (Å²) >= 11 is 0. The van der Waals surface area contributed by atoms with Gasteiger partial charge in [0.05, 0.1) is 7.11 Å². The first-order valence-electron chi connectivity index (χ1n) is 6.73. The molecule has 0 bridgehead atoms. The SMILES string of the molecule is COc1ccc(OCCOC(=O)c2cc(C(C)=O)c[nH]2)cc1. The van der Waals surface area contributed by atoms with Crippen LogP contribution in [0, 0.1) is 0 Å². The van der Waals surface area contributed by atoms with E-state index in [0.29, 0.717) is 11.3 Å². The average molecular weight is 303 g/mol. The third kappa shape index (κ3) is 4.12. The Labute approximate surface area is 128 Å². The Morgan fingerprint density at radius 3 is 2.36 bits per heavy atom. The molecule has 22 heavy (non-hydrogen) atoms. The number of aromatic amines is 1. The lowest BCUT2D eigenvalue weighted by Gasteiger charge is -2.07. The molecule has 2 aromatic rings. The summed E-state index contributed by atoms with van der Waals surface area (Å²) in [6.45, 7) is 1.78. The highest BCUT2D eigenvalue weighted by Gasteiger charge is 2.11. The number of ether oxygens (including phenoxy) is 3. The van der Waals surface area contributed by atoms with Crippen molar-refractivity contribution in [1.82, 2.24) is 4.98 Å². The number of ketones is 1. The molecular formula is C16H17NO5. The summed E-state index contributed by atoms with van der Waals surface area (Å²) in [6.07, 6.45) is 1.48. The predicted molar refractivity (Wildman–Crippen MR) is 79.6 cm³/mol. The molecule has 1 N–H and O–H groups in total. The quantitative estimate of drug-likeness (QED) is 0.483. The van der Waals surface area contributed by atoms with Crippen molar-refractivity contribution in [2.45, 2.75) is 6.92 Å². The molecular weight excluding hydrogens is 286 g/mol. The molecule has 0 spiro atoms. The molecule has 0 unspecified atom stereocenters. The van der Waals surface area contributed by atoms with Gasteiger partial charge in [-0.15, -0.1) is 0 Å². The van der Waals surface area contributed by atoms with Crippen LogP contribution in [0.15, 0.2) is 36.5 Å². The molecule has 1 aromatic carbocycles. The third-order valence-corrected chi connectivity index (χ3v) is 2.95. The highest BCUT2D eigenvalue weighted by molar-refractivity contribution is 5.97. The maximum atomic E-state index is 11.7. The van der Waals surface area contributed by atoms with Gasteiger partial charge >= 0.3 is 5.97 Å². The van der Waals surface area contributed by atoms with E-state index in [1.54, 1.807) is 31.4 Å². The van der Waals surface area contributed by atoms with Gasteiger partial charge in [0.2, 0.25) is 0 Å². The lowest BCUT2D eigenvalue weighted by molar-refractivity contribution is 0.0444. The maximum Gasteiger partial charge on any atom is 0.354 e. The van der Waals surface area contributed by atoms with Crippen LogP contribution in [0.25, 0.3) is 0 Å². The minimum absolute atomic E-state index is 0.110. The minimum Gasteiger partial charge on any atom is -0.497 e. The van der Waals surface area contributed by atoms with Crippen LogP contribution < -0.4 is 9.47 Å². The first-order valence-corrected chi connectivity index (χ1v) is 6.73. The van der Waals surface area contributed by atoms with Gasteiger partial charge in [0.15, 0.2) is 5.78 Å². The van der Waals surface area contributed by atoms with Crippen LogP contribution in [-0.4, -0.2) is 37.1 Å². The molecule has 0 saturated heterocycles. The van der Waals surface area contributed by atoms with Crippen LogP contribution in [0.5, 0.6) is 11.5 Å². The van der Waals surface area contributed by atoms with Crippen LogP contribution >= 0.6 is 0 Å². The molecule has 6 heteroatoms. The van der Waals surface area contributed by atoms with E-state index >= 15 is 0 Å². The zero-order valence-corrected chi connectivity index (χ0v) is 12.4. The minimum atomic E-state index is -0.522. The Balaban J connectivity index is 1.75. The molecule has 0 saturated carbocycles. The fraction of sp³-hybridized carbons (Fsp3) is 0.250. The Morgan fingerprint density at radius 1 is 1.09 bits per heavy atom. The van der Waals surface area contributed by atoms with Crippen LogP contribution in [0.1, 0.15) is 27.8 Å². The second-order valence-electron chi connectivity index (χ2n) is 4.52. The normalized spacial score (nSPS) is 10.1. The number of rotatable bonds is 7. The second kappa shape index (κ2) is 7.31. The van der Waals surface area contributed by atoms with Gasteiger partial charge in [0, 0.05) is 11.8 Å². The molecule has 2 rings (SSSR count). The lowest BCUT2D eigenvalue weighted by atomic mass is 10.2. The number of aromatic nitrogens is 1. The molecule has 6 nitrogen and oxygen atoms in total. The maximum absolute atomic E-state index is 11.7. The monoisotopic (exact) mass is 303 g/mol. The van der Waals surface area contributed by atoms with E-state index in [1.165, 1.54) is 19.2 Å². The average Bonchev–Trinajstić information content (AvgIpc) is 3.02. The summed E-state index contributed by atoms with van der Waals surface area (Å²) in [7, 11) is 1.59. The van der Waals surface area contributed by atoms with Gasteiger partial charge in [0.25, 0.3) is 0 Å². The molecule has 0 radical (unpaired) electrons. The van der Waals surface area contributed by atoms with Gasteiger partial charge in [0.1, 0.15) is 30.4 Å². The van der Waals surface area contributed by atoms with E-state index < -0.39 is 5.97 Å². The fourth-order valence-corrected chi connectivity index (χ4v) is 1.76. The Morgan fingerprint density at radius 2 is 1.77 bits per heavy atom. The van der Waals surface area contributed by atoms with E-state index in [1.807, 2.05) is 0 Å². The van der Waals surface area contributed by atoms with Crippen molar-refractivity contribution in [3.8, 4) is 11.5 Å². The summed E-state index contributed by atoms with van der Waals surface area (Å²) < 4.78 is 15.5. The van der Waals surface area contributed by atoms with Crippen LogP contribution in [-0.2, 0) is 4.74 Å². The van der Waals surface area contributed by atoms with Crippen LogP contribution in [0.4, 0.5) is 0 Å². The van der Waals surface area contributed by atoms with E-state index in [2.05, 4.69) is 4.98 Å². The first kappa shape index (κ1) is 15.6. The lowest BCUT2D eigenvalue weighted by Crippen LogP contribution is -2.12. The number of esters is 1. The van der Waals surface area contributed by atoms with Crippen molar-refractivity contribution in [2.75, 3.05) is 20.3 Å². The van der Waals surface area contributed by atoms with Gasteiger partial charge < -0.3 is 19.2 Å². The van der Waals surface area contributed by atoms with Crippen molar-refractivity contribution >= 4 is 11.8 Å². The summed E-state index contributed by atoms with van der Waals surface area (Å²) in [5, 5.41) is 0. The number of hydrogen-bond donors (Lipinski definition) is 1. The largest absolute Gasteiger partial charge is 0.497 e. The number of hydrogen-bond acceptors (Lipinski definition) is 5. The van der Waals surface area contributed by atoms with Crippen molar-refractivity contribution in [1.29, 1.82) is 0 Å². The third-order valence-electron chi connectivity index (χ3n) is 2.95. The first-order chi connectivity index (χ1) is 10.6. The Hall–Kier alpha value is -2.76. The summed E-state index contributed by atoms with van der Waals surface area (Å²) in [6, 6.07) is 8.57. The van der Waals surface area contributed by atoms with Crippen LogP contribution in [0.2, 0.25) is 0 Å². The highest BCUT2D eigenvalue weighted by atomic mass is 16.6. The molecule has 0 amide bonds. The van der Waals surface area contributed by atoms with E-state index in [0.717, 1.165) is 5.75 Å². The molecule has 0 fully saturated rings. The number of Topliss-reactive ketones (excluding diaryl/α,β-unsaturated/α-hetero) is 1. The summed E-state index contributed by atoms with van der Waals surface area (Å²) in [4.78, 5) is 25.6. The van der Waals surface area contributed by atoms with Gasteiger partial charge in [-0.05, 0) is 37.3 Å². The summed E-state index contributed by atoms with van der Waals surface area (Å²) in [5.74, 6) is 0.770. The van der Waals surface area contributed by atoms with Crippen molar-refractivity contribution in [2.24, 2.45) is 0 Å². The van der Waals surface area contributed by atoms with Crippen molar-refractivity contribution in [3.63, 3.8) is 0 Å².